The van der Waals surface area contributed by atoms with Crippen LogP contribution < -0.4 is 14.9 Å². The second-order valence-electron chi connectivity index (χ2n) is 7.27. The molecule has 1 amide bonds. The van der Waals surface area contributed by atoms with Crippen LogP contribution >= 0.6 is 11.6 Å². The molecule has 7 nitrogen and oxygen atoms in total. The first-order chi connectivity index (χ1) is 13.1. The van der Waals surface area contributed by atoms with Gasteiger partial charge >= 0.3 is 0 Å². The highest BCUT2D eigenvalue weighted by Gasteiger charge is 2.62. The molecule has 0 aromatic heterocycles. The Morgan fingerprint density at radius 1 is 1.18 bits per heavy atom. The fourth-order valence-corrected chi connectivity index (χ4v) is 4.42. The van der Waals surface area contributed by atoms with Crippen molar-refractivity contribution >= 4 is 33.2 Å². The van der Waals surface area contributed by atoms with E-state index in [0.717, 1.165) is 5.56 Å². The van der Waals surface area contributed by atoms with Gasteiger partial charge in [-0.05, 0) is 41.3 Å². The van der Waals surface area contributed by atoms with Crippen LogP contribution in [-0.4, -0.2) is 26.6 Å². The summed E-state index contributed by atoms with van der Waals surface area (Å²) < 4.78 is 28.5. The number of carbonyl (C=O) groups is 1. The molecule has 1 fully saturated rings. The second kappa shape index (κ2) is 7.36. The zero-order valence-corrected chi connectivity index (χ0v) is 17.1. The Morgan fingerprint density at radius 3 is 2.39 bits per heavy atom. The molecule has 1 saturated carbocycles. The summed E-state index contributed by atoms with van der Waals surface area (Å²) >= 11 is 6.02. The molecule has 0 aliphatic heterocycles. The van der Waals surface area contributed by atoms with E-state index in [-0.39, 0.29) is 28.1 Å². The third kappa shape index (κ3) is 3.73. The number of rotatable bonds is 6. The number of halogens is 1. The molecule has 0 spiro atoms. The molecule has 3 rings (SSSR count). The monoisotopic (exact) mass is 424 g/mol. The molecule has 2 aromatic rings. The van der Waals surface area contributed by atoms with Crippen molar-refractivity contribution in [3.63, 3.8) is 0 Å². The van der Waals surface area contributed by atoms with Gasteiger partial charge in [0.05, 0.1) is 23.6 Å². The lowest BCUT2D eigenvalue weighted by molar-refractivity contribution is -0.118. The Kier molecular flexibility index (Phi) is 5.42. The normalized spacial score (nSPS) is 20.5. The zero-order valence-electron chi connectivity index (χ0n) is 15.6. The van der Waals surface area contributed by atoms with Gasteiger partial charge in [0.25, 0.3) is 10.0 Å². The predicted molar refractivity (Wildman–Crippen MR) is 105 cm³/mol. The molecule has 1 aliphatic carbocycles. The molecular weight excluding hydrogens is 404 g/mol. The summed E-state index contributed by atoms with van der Waals surface area (Å²) in [5.41, 5.74) is 1.04. The summed E-state index contributed by atoms with van der Waals surface area (Å²) in [6.45, 7) is 3.97. The lowest BCUT2D eigenvalue weighted by Crippen LogP contribution is -2.19. The van der Waals surface area contributed by atoms with Crippen LogP contribution in [0.15, 0.2) is 47.4 Å². The summed E-state index contributed by atoms with van der Waals surface area (Å²) in [7, 11) is -2.42. The minimum Gasteiger partial charge on any atom is -0.495 e. The van der Waals surface area contributed by atoms with E-state index in [1.807, 2.05) is 13.8 Å². The van der Waals surface area contributed by atoms with E-state index in [1.54, 1.807) is 30.3 Å². The number of carbonyl (C=O) groups excluding carboxylic acids is 1. The summed E-state index contributed by atoms with van der Waals surface area (Å²) in [4.78, 5) is 14.1. The lowest BCUT2D eigenvalue weighted by Gasteiger charge is -2.11. The number of ether oxygens (including phenoxy) is 1. The van der Waals surface area contributed by atoms with Crippen LogP contribution in [0.3, 0.4) is 0 Å². The van der Waals surface area contributed by atoms with Crippen LogP contribution in [-0.2, 0) is 14.8 Å². The first-order valence-corrected chi connectivity index (χ1v) is 10.4. The van der Waals surface area contributed by atoms with Crippen molar-refractivity contribution in [2.75, 3.05) is 12.4 Å². The van der Waals surface area contributed by atoms with Gasteiger partial charge in [-0.1, -0.05) is 42.5 Å². The highest BCUT2D eigenvalue weighted by atomic mass is 35.5. The van der Waals surface area contributed by atoms with Crippen molar-refractivity contribution in [1.29, 1.82) is 0 Å². The van der Waals surface area contributed by atoms with Gasteiger partial charge in [-0.25, -0.2) is 8.42 Å². The molecule has 3 N–H and O–H groups in total. The van der Waals surface area contributed by atoms with E-state index >= 15 is 0 Å². The highest BCUT2D eigenvalue weighted by Crippen LogP contribution is 2.64. The molecule has 2 aromatic carbocycles. The van der Waals surface area contributed by atoms with Crippen LogP contribution in [0, 0.1) is 11.3 Å². The molecule has 0 heterocycles. The third-order valence-corrected chi connectivity index (χ3v) is 6.57. The number of anilines is 1. The SMILES string of the molecule is COc1ccc(Cl)cc1NC(=O)[C@@H]1[C@@H](c2ccc(S(=O)(=O)NO)cc2)C1(C)C. The first kappa shape index (κ1) is 20.6. The summed E-state index contributed by atoms with van der Waals surface area (Å²) in [5.74, 6) is -0.0192. The van der Waals surface area contributed by atoms with Gasteiger partial charge in [-0.2, -0.15) is 0 Å². The Morgan fingerprint density at radius 2 is 1.82 bits per heavy atom. The maximum atomic E-state index is 12.9. The standard InChI is InChI=1S/C19H21ClN2O5S/c1-19(2)16(11-4-7-13(8-5-11)28(25,26)22-24)17(19)18(23)21-14-10-12(20)6-9-15(14)27-3/h4-10,16-17,22,24H,1-3H3,(H,21,23)/t16-,17+/m1/s1. The van der Waals surface area contributed by atoms with E-state index in [2.05, 4.69) is 5.32 Å². The van der Waals surface area contributed by atoms with Crippen LogP contribution in [0.25, 0.3) is 0 Å². The van der Waals surface area contributed by atoms with Gasteiger partial charge in [0, 0.05) is 10.9 Å². The Labute approximate surface area is 168 Å². The quantitative estimate of drug-likeness (QED) is 0.616. The first-order valence-electron chi connectivity index (χ1n) is 8.52. The zero-order chi connectivity index (χ0) is 20.7. The Bertz CT molecular complexity index is 1010. The average Bonchev–Trinajstić information content (AvgIpc) is 3.24. The molecule has 2 atom stereocenters. The molecule has 9 heteroatoms. The van der Waals surface area contributed by atoms with E-state index in [1.165, 1.54) is 24.1 Å². The highest BCUT2D eigenvalue weighted by molar-refractivity contribution is 7.89. The predicted octanol–water partition coefficient (Wildman–Crippen LogP) is 3.39. The number of benzene rings is 2. The van der Waals surface area contributed by atoms with Gasteiger partial charge in [-0.3, -0.25) is 4.79 Å². The molecular formula is C19H21ClN2O5S. The van der Waals surface area contributed by atoms with Gasteiger partial charge in [0.2, 0.25) is 5.91 Å². The topological polar surface area (TPSA) is 105 Å². The number of nitrogens with one attached hydrogen (secondary N) is 2. The van der Waals surface area contributed by atoms with Crippen molar-refractivity contribution < 1.29 is 23.2 Å². The molecule has 0 saturated heterocycles. The van der Waals surface area contributed by atoms with E-state index in [0.29, 0.717) is 16.5 Å². The molecule has 0 bridgehead atoms. The molecule has 28 heavy (non-hydrogen) atoms. The molecule has 1 aliphatic rings. The summed E-state index contributed by atoms with van der Waals surface area (Å²) in [6.07, 6.45) is 0. The van der Waals surface area contributed by atoms with Gasteiger partial charge in [0.1, 0.15) is 5.75 Å². The number of hydrogen-bond donors (Lipinski definition) is 3. The summed E-state index contributed by atoms with van der Waals surface area (Å²) in [6, 6.07) is 11.1. The van der Waals surface area contributed by atoms with Crippen molar-refractivity contribution in [3.8, 4) is 5.75 Å². The minimum absolute atomic E-state index is 0.0538. The fourth-order valence-electron chi connectivity index (χ4n) is 3.64. The van der Waals surface area contributed by atoms with Crippen molar-refractivity contribution in [3.05, 3.63) is 53.1 Å². The van der Waals surface area contributed by atoms with Crippen molar-refractivity contribution in [1.82, 2.24) is 4.89 Å². The fraction of sp³-hybridized carbons (Fsp3) is 0.316. The number of amides is 1. The Hall–Kier alpha value is -2.13. The molecule has 0 unspecified atom stereocenters. The van der Waals surface area contributed by atoms with Gasteiger partial charge < -0.3 is 15.3 Å². The third-order valence-electron chi connectivity index (χ3n) is 5.20. The largest absolute Gasteiger partial charge is 0.495 e. The lowest BCUT2D eigenvalue weighted by atomic mass is 10.0. The number of methoxy groups -OCH3 is 1. The molecule has 150 valence electrons. The van der Waals surface area contributed by atoms with E-state index < -0.39 is 10.0 Å². The van der Waals surface area contributed by atoms with Crippen molar-refractivity contribution in [2.24, 2.45) is 11.3 Å². The van der Waals surface area contributed by atoms with E-state index in [9.17, 15) is 13.2 Å². The van der Waals surface area contributed by atoms with Gasteiger partial charge in [-0.15, -0.1) is 0 Å². The smallest absolute Gasteiger partial charge is 0.262 e. The van der Waals surface area contributed by atoms with Crippen LogP contribution in [0.4, 0.5) is 5.69 Å². The van der Waals surface area contributed by atoms with Crippen LogP contribution in [0.5, 0.6) is 5.75 Å². The average molecular weight is 425 g/mol. The second-order valence-corrected chi connectivity index (χ2v) is 9.37. The Balaban J connectivity index is 1.81. The number of hydrogen-bond acceptors (Lipinski definition) is 5. The van der Waals surface area contributed by atoms with Crippen LogP contribution in [0.2, 0.25) is 5.02 Å². The number of sulfonamides is 1. The van der Waals surface area contributed by atoms with E-state index in [4.69, 9.17) is 21.5 Å². The molecule has 0 radical (unpaired) electrons. The van der Waals surface area contributed by atoms with Crippen LogP contribution in [0.1, 0.15) is 25.3 Å². The van der Waals surface area contributed by atoms with Crippen molar-refractivity contribution in [2.45, 2.75) is 24.7 Å². The minimum atomic E-state index is -3.93. The maximum Gasteiger partial charge on any atom is 0.262 e. The maximum absolute atomic E-state index is 12.9. The van der Waals surface area contributed by atoms with Gasteiger partial charge in [0.15, 0.2) is 0 Å². The summed E-state index contributed by atoms with van der Waals surface area (Å²) in [5, 5.41) is 12.1.